The lowest BCUT2D eigenvalue weighted by Gasteiger charge is -2.00. The minimum Gasteiger partial charge on any atom is -0.175 e. The number of alkyl halides is 1. The molecule has 0 amide bonds. The second kappa shape index (κ2) is 5.58. The van der Waals surface area contributed by atoms with Gasteiger partial charge in [-0.15, -0.1) is 11.6 Å². The zero-order valence-electron chi connectivity index (χ0n) is 7.00. The molecule has 0 aliphatic carbocycles. The summed E-state index contributed by atoms with van der Waals surface area (Å²) in [4.78, 5) is 0. The Morgan fingerprint density at radius 2 is 2.15 bits per heavy atom. The van der Waals surface area contributed by atoms with Crippen LogP contribution in [0.15, 0.2) is 24.3 Å². The van der Waals surface area contributed by atoms with Gasteiger partial charge in [-0.2, -0.15) is 12.6 Å². The third-order valence-electron chi connectivity index (χ3n) is 1.63. The normalized spacial score (nSPS) is 11.0. The topological polar surface area (TPSA) is 0 Å². The van der Waals surface area contributed by atoms with Crippen LogP contribution < -0.4 is 0 Å². The second-order valence-corrected chi connectivity index (χ2v) is 3.61. The highest BCUT2D eigenvalue weighted by Gasteiger charge is 1.98. The van der Waals surface area contributed by atoms with Crippen LogP contribution in [0, 0.1) is 0 Å². The number of hydrogen-bond acceptors (Lipinski definition) is 1. The van der Waals surface area contributed by atoms with Crippen molar-refractivity contribution in [2.24, 2.45) is 0 Å². The minimum atomic E-state index is 0.446. The highest BCUT2D eigenvalue weighted by Crippen LogP contribution is 2.20. The molecule has 1 aromatic carbocycles. The maximum absolute atomic E-state index is 5.91. The number of benzene rings is 1. The van der Waals surface area contributed by atoms with Crippen molar-refractivity contribution in [2.45, 2.75) is 5.88 Å². The monoisotopic (exact) mass is 232 g/mol. The van der Waals surface area contributed by atoms with E-state index < -0.39 is 0 Å². The van der Waals surface area contributed by atoms with Gasteiger partial charge in [0.25, 0.3) is 0 Å². The molecule has 0 aliphatic rings. The minimum absolute atomic E-state index is 0.446. The van der Waals surface area contributed by atoms with E-state index in [1.807, 2.05) is 30.4 Å². The van der Waals surface area contributed by atoms with Crippen LogP contribution in [0.1, 0.15) is 11.1 Å². The van der Waals surface area contributed by atoms with Crippen molar-refractivity contribution in [1.29, 1.82) is 0 Å². The largest absolute Gasteiger partial charge is 0.175 e. The smallest absolute Gasteiger partial charge is 0.0489 e. The lowest BCUT2D eigenvalue weighted by Crippen LogP contribution is -1.81. The molecule has 0 saturated carbocycles. The van der Waals surface area contributed by atoms with Crippen LogP contribution in [0.4, 0.5) is 0 Å². The van der Waals surface area contributed by atoms with Crippen LogP contribution in [0.25, 0.3) is 6.08 Å². The summed E-state index contributed by atoms with van der Waals surface area (Å²) < 4.78 is 0. The molecule has 1 aromatic rings. The van der Waals surface area contributed by atoms with E-state index in [2.05, 4.69) is 12.6 Å². The second-order valence-electron chi connectivity index (χ2n) is 2.57. The van der Waals surface area contributed by atoms with Crippen LogP contribution in [0.5, 0.6) is 0 Å². The predicted molar refractivity (Wildman–Crippen MR) is 63.9 cm³/mol. The Morgan fingerprint density at radius 1 is 1.38 bits per heavy atom. The van der Waals surface area contributed by atoms with Crippen molar-refractivity contribution in [2.75, 3.05) is 5.75 Å². The predicted octanol–water partition coefficient (Wildman–Crippen LogP) is 4.02. The molecule has 0 aromatic heterocycles. The highest BCUT2D eigenvalue weighted by atomic mass is 35.5. The fraction of sp³-hybridized carbons (Fsp3) is 0.200. The third-order valence-corrected chi connectivity index (χ3v) is 2.50. The van der Waals surface area contributed by atoms with E-state index in [9.17, 15) is 0 Å². The Balaban J connectivity index is 2.92. The molecule has 70 valence electrons. The van der Waals surface area contributed by atoms with Gasteiger partial charge in [-0.25, -0.2) is 0 Å². The summed E-state index contributed by atoms with van der Waals surface area (Å²) >= 11 is 15.7. The van der Waals surface area contributed by atoms with E-state index >= 15 is 0 Å². The first-order valence-corrected chi connectivity index (χ1v) is 5.44. The van der Waals surface area contributed by atoms with Gasteiger partial charge in [0, 0.05) is 16.7 Å². The molecular formula is C10H10Cl2S. The molecule has 0 heterocycles. The first-order valence-electron chi connectivity index (χ1n) is 3.89. The summed E-state index contributed by atoms with van der Waals surface area (Å²) in [5.41, 5.74) is 2.07. The standard InChI is InChI=1S/C10H10Cl2S/c11-7-9-6-8(2-1-5-13)3-4-10(9)12/h1-4,6,13H,5,7H2. The van der Waals surface area contributed by atoms with E-state index in [1.54, 1.807) is 0 Å². The van der Waals surface area contributed by atoms with Gasteiger partial charge >= 0.3 is 0 Å². The van der Waals surface area contributed by atoms with Gasteiger partial charge in [-0.1, -0.05) is 29.8 Å². The summed E-state index contributed by atoms with van der Waals surface area (Å²) in [5.74, 6) is 1.18. The molecule has 3 heteroatoms. The van der Waals surface area contributed by atoms with E-state index in [0.717, 1.165) is 21.9 Å². The first kappa shape index (κ1) is 11.0. The molecule has 1 rings (SSSR count). The van der Waals surface area contributed by atoms with Gasteiger partial charge in [0.2, 0.25) is 0 Å². The molecule has 0 fully saturated rings. The van der Waals surface area contributed by atoms with Crippen molar-refractivity contribution >= 4 is 41.9 Å². The van der Waals surface area contributed by atoms with Gasteiger partial charge in [-0.05, 0) is 23.3 Å². The summed E-state index contributed by atoms with van der Waals surface area (Å²) in [6.45, 7) is 0. The molecule has 13 heavy (non-hydrogen) atoms. The van der Waals surface area contributed by atoms with Gasteiger partial charge in [0.1, 0.15) is 0 Å². The lowest BCUT2D eigenvalue weighted by atomic mass is 10.1. The fourth-order valence-corrected chi connectivity index (χ4v) is 1.57. The molecule has 0 atom stereocenters. The molecule has 0 spiro atoms. The lowest BCUT2D eigenvalue weighted by molar-refractivity contribution is 1.39. The van der Waals surface area contributed by atoms with Gasteiger partial charge < -0.3 is 0 Å². The van der Waals surface area contributed by atoms with Crippen LogP contribution in [0.3, 0.4) is 0 Å². The Bertz CT molecular complexity index is 308. The van der Waals surface area contributed by atoms with Crippen LogP contribution in [-0.2, 0) is 5.88 Å². The Morgan fingerprint density at radius 3 is 2.77 bits per heavy atom. The zero-order valence-corrected chi connectivity index (χ0v) is 9.41. The van der Waals surface area contributed by atoms with Crippen molar-refractivity contribution in [3.63, 3.8) is 0 Å². The van der Waals surface area contributed by atoms with E-state index in [4.69, 9.17) is 23.2 Å². The van der Waals surface area contributed by atoms with Crippen molar-refractivity contribution in [1.82, 2.24) is 0 Å². The van der Waals surface area contributed by atoms with E-state index in [1.165, 1.54) is 0 Å². The van der Waals surface area contributed by atoms with Crippen LogP contribution >= 0.6 is 35.8 Å². The van der Waals surface area contributed by atoms with Gasteiger partial charge in [0.05, 0.1) is 0 Å². The molecule has 0 aliphatic heterocycles. The molecule has 0 saturated heterocycles. The summed E-state index contributed by atoms with van der Waals surface area (Å²) in [6.07, 6.45) is 3.98. The molecule has 0 radical (unpaired) electrons. The SMILES string of the molecule is SCC=Cc1ccc(Cl)c(CCl)c1. The van der Waals surface area contributed by atoms with Crippen molar-refractivity contribution in [3.05, 3.63) is 40.4 Å². The quantitative estimate of drug-likeness (QED) is 0.591. The maximum atomic E-state index is 5.91. The Hall–Kier alpha value is -0.110. The number of thiol groups is 1. The van der Waals surface area contributed by atoms with Gasteiger partial charge in [0.15, 0.2) is 0 Å². The summed E-state index contributed by atoms with van der Waals surface area (Å²) in [5, 5.41) is 0.720. The molecule has 0 nitrogen and oxygen atoms in total. The van der Waals surface area contributed by atoms with Crippen molar-refractivity contribution < 1.29 is 0 Å². The number of rotatable bonds is 3. The Kier molecular flexibility index (Phi) is 4.71. The Labute approximate surface area is 94.0 Å². The maximum Gasteiger partial charge on any atom is 0.0489 e. The van der Waals surface area contributed by atoms with Crippen molar-refractivity contribution in [3.8, 4) is 0 Å². The molecular weight excluding hydrogens is 223 g/mol. The van der Waals surface area contributed by atoms with E-state index in [0.29, 0.717) is 5.88 Å². The van der Waals surface area contributed by atoms with E-state index in [-0.39, 0.29) is 0 Å². The summed E-state index contributed by atoms with van der Waals surface area (Å²) in [6, 6.07) is 5.80. The molecule has 0 bridgehead atoms. The average molecular weight is 233 g/mol. The molecule has 0 unspecified atom stereocenters. The van der Waals surface area contributed by atoms with Gasteiger partial charge in [-0.3, -0.25) is 0 Å². The highest BCUT2D eigenvalue weighted by molar-refractivity contribution is 7.80. The molecule has 0 N–H and O–H groups in total. The first-order chi connectivity index (χ1) is 6.27. The zero-order chi connectivity index (χ0) is 9.68. The number of halogens is 2. The van der Waals surface area contributed by atoms with Crippen LogP contribution in [0.2, 0.25) is 5.02 Å². The summed E-state index contributed by atoms with van der Waals surface area (Å²) in [7, 11) is 0. The average Bonchev–Trinajstić information content (AvgIpc) is 2.16. The van der Waals surface area contributed by atoms with Crippen LogP contribution in [-0.4, -0.2) is 5.75 Å². The fourth-order valence-electron chi connectivity index (χ4n) is 0.990. The third kappa shape index (κ3) is 3.26. The number of hydrogen-bond donors (Lipinski definition) is 1.